The number of hydrogen-bond acceptors (Lipinski definition) is 6. The molecule has 1 N–H and O–H groups in total. The summed E-state index contributed by atoms with van der Waals surface area (Å²) >= 11 is 0. The normalized spacial score (nSPS) is 38.5. The molecule has 5 aliphatic rings. The standard InChI is InChI=1S/C39H64O6/c1-26(2)9-8-10-27(3)31-15-16-32-30-14-13-28-25-29(19-21-38(28,4)33(30)20-22-39(31,32)5)43-23-24-44-36(41)17-18-37(42)45-35-12-7-6-11-34(35)40/h13,26-27,29-35,40H,6-12,14-25H2,1-5H3/t27-,29+,30?,31-,32?,33?,34+,35?,38+,39-/m1/s1. The predicted octanol–water partition coefficient (Wildman–Crippen LogP) is 8.58. The largest absolute Gasteiger partial charge is 0.463 e. The van der Waals surface area contributed by atoms with Crippen LogP contribution in [0.3, 0.4) is 0 Å². The van der Waals surface area contributed by atoms with Gasteiger partial charge in [-0.2, -0.15) is 0 Å². The number of esters is 2. The third kappa shape index (κ3) is 8.02. The number of carbonyl (C=O) groups is 2. The van der Waals surface area contributed by atoms with Crippen LogP contribution in [0.5, 0.6) is 0 Å². The second kappa shape index (κ2) is 15.2. The van der Waals surface area contributed by atoms with Gasteiger partial charge in [0, 0.05) is 0 Å². The lowest BCUT2D eigenvalue weighted by Gasteiger charge is -2.58. The molecule has 6 nitrogen and oxygen atoms in total. The number of carbonyl (C=O) groups excluding carboxylic acids is 2. The minimum Gasteiger partial charge on any atom is -0.463 e. The summed E-state index contributed by atoms with van der Waals surface area (Å²) in [6.07, 6.45) is 19.4. The lowest BCUT2D eigenvalue weighted by atomic mass is 9.47. The Bertz CT molecular complexity index is 1040. The van der Waals surface area contributed by atoms with E-state index < -0.39 is 24.1 Å². The van der Waals surface area contributed by atoms with E-state index in [4.69, 9.17) is 14.2 Å². The van der Waals surface area contributed by atoms with Gasteiger partial charge in [0.15, 0.2) is 0 Å². The molecule has 0 aliphatic heterocycles. The van der Waals surface area contributed by atoms with E-state index in [2.05, 4.69) is 40.7 Å². The summed E-state index contributed by atoms with van der Waals surface area (Å²) in [6.45, 7) is 13.1. The van der Waals surface area contributed by atoms with Crippen molar-refractivity contribution in [3.8, 4) is 0 Å². The van der Waals surface area contributed by atoms with Crippen LogP contribution in [0.25, 0.3) is 0 Å². The molecule has 45 heavy (non-hydrogen) atoms. The van der Waals surface area contributed by atoms with E-state index in [1.165, 1.54) is 57.8 Å². The summed E-state index contributed by atoms with van der Waals surface area (Å²) in [7, 11) is 0. The Balaban J connectivity index is 1.04. The zero-order valence-electron chi connectivity index (χ0n) is 29.2. The van der Waals surface area contributed by atoms with E-state index in [0.29, 0.717) is 30.3 Å². The Labute approximate surface area is 273 Å². The van der Waals surface area contributed by atoms with Gasteiger partial charge in [0.25, 0.3) is 0 Å². The van der Waals surface area contributed by atoms with Gasteiger partial charge < -0.3 is 19.3 Å². The second-order valence-electron chi connectivity index (χ2n) is 16.6. The molecule has 4 fully saturated rings. The number of fused-ring (bicyclic) bond motifs is 5. The molecule has 256 valence electrons. The van der Waals surface area contributed by atoms with Crippen LogP contribution in [-0.4, -0.2) is 48.6 Å². The highest BCUT2D eigenvalue weighted by molar-refractivity contribution is 5.77. The quantitative estimate of drug-likeness (QED) is 0.125. The molecule has 0 spiro atoms. The van der Waals surface area contributed by atoms with E-state index in [0.717, 1.165) is 61.2 Å². The summed E-state index contributed by atoms with van der Waals surface area (Å²) in [4.78, 5) is 24.3. The highest BCUT2D eigenvalue weighted by Gasteiger charge is 2.59. The van der Waals surface area contributed by atoms with Crippen LogP contribution >= 0.6 is 0 Å². The van der Waals surface area contributed by atoms with E-state index in [-0.39, 0.29) is 25.6 Å². The van der Waals surface area contributed by atoms with Crippen molar-refractivity contribution >= 4 is 11.9 Å². The van der Waals surface area contributed by atoms with Crippen LogP contribution in [-0.2, 0) is 23.8 Å². The van der Waals surface area contributed by atoms with Gasteiger partial charge in [-0.15, -0.1) is 0 Å². The fraction of sp³-hybridized carbons (Fsp3) is 0.897. The van der Waals surface area contributed by atoms with Crippen LogP contribution in [0.2, 0.25) is 0 Å². The Morgan fingerprint density at radius 1 is 0.911 bits per heavy atom. The molecule has 10 atom stereocenters. The van der Waals surface area contributed by atoms with Gasteiger partial charge in [-0.25, -0.2) is 0 Å². The maximum Gasteiger partial charge on any atom is 0.306 e. The lowest BCUT2D eigenvalue weighted by molar-refractivity contribution is -0.160. The maximum absolute atomic E-state index is 12.2. The summed E-state index contributed by atoms with van der Waals surface area (Å²) < 4.78 is 17.0. The average Bonchev–Trinajstić information content (AvgIpc) is 3.36. The van der Waals surface area contributed by atoms with E-state index >= 15 is 0 Å². The molecule has 0 aromatic rings. The number of allylic oxidation sites excluding steroid dienone is 1. The minimum absolute atomic E-state index is 0.00327. The van der Waals surface area contributed by atoms with Gasteiger partial charge in [0.2, 0.25) is 0 Å². The minimum atomic E-state index is -0.591. The molecule has 4 unspecified atom stereocenters. The van der Waals surface area contributed by atoms with Crippen molar-refractivity contribution in [3.63, 3.8) is 0 Å². The van der Waals surface area contributed by atoms with Crippen LogP contribution < -0.4 is 0 Å². The smallest absolute Gasteiger partial charge is 0.306 e. The van der Waals surface area contributed by atoms with Gasteiger partial charge in [0.1, 0.15) is 12.7 Å². The van der Waals surface area contributed by atoms with Gasteiger partial charge in [-0.05, 0) is 117 Å². The molecule has 4 saturated carbocycles. The van der Waals surface area contributed by atoms with Crippen LogP contribution in [0.15, 0.2) is 11.6 Å². The van der Waals surface area contributed by atoms with E-state index in [1.807, 2.05) is 0 Å². The van der Waals surface area contributed by atoms with Crippen LogP contribution in [0, 0.1) is 46.3 Å². The highest BCUT2D eigenvalue weighted by Crippen LogP contribution is 2.67. The molecular weight excluding hydrogens is 564 g/mol. The summed E-state index contributed by atoms with van der Waals surface area (Å²) in [5.74, 6) is 4.26. The molecular formula is C39H64O6. The van der Waals surface area contributed by atoms with Gasteiger partial charge in [-0.1, -0.05) is 72.0 Å². The first-order chi connectivity index (χ1) is 21.5. The zero-order chi connectivity index (χ0) is 32.2. The van der Waals surface area contributed by atoms with Crippen molar-refractivity contribution in [1.82, 2.24) is 0 Å². The van der Waals surface area contributed by atoms with Crippen molar-refractivity contribution in [1.29, 1.82) is 0 Å². The molecule has 0 radical (unpaired) electrons. The Morgan fingerprint density at radius 2 is 1.69 bits per heavy atom. The molecule has 0 bridgehead atoms. The fourth-order valence-electron chi connectivity index (χ4n) is 10.9. The van der Waals surface area contributed by atoms with Gasteiger partial charge >= 0.3 is 11.9 Å². The molecule has 5 rings (SSSR count). The topological polar surface area (TPSA) is 82.1 Å². The SMILES string of the molecule is CC(C)CCC[C@@H](C)[C@H]1CCC2C3CC=C4C[C@@H](OCCOC(=O)CCC(=O)OC5CCCC[C@@H]5O)CC[C@]4(C)C3CC[C@@]21C. The van der Waals surface area contributed by atoms with Crippen molar-refractivity contribution in [2.24, 2.45) is 46.3 Å². The fourth-order valence-corrected chi connectivity index (χ4v) is 10.9. The summed E-state index contributed by atoms with van der Waals surface area (Å²) in [5.41, 5.74) is 2.45. The van der Waals surface area contributed by atoms with E-state index in [9.17, 15) is 14.7 Å². The highest BCUT2D eigenvalue weighted by atomic mass is 16.6. The third-order valence-electron chi connectivity index (χ3n) is 13.4. The van der Waals surface area contributed by atoms with Crippen LogP contribution in [0.4, 0.5) is 0 Å². The van der Waals surface area contributed by atoms with Crippen LogP contribution in [0.1, 0.15) is 144 Å². The summed E-state index contributed by atoms with van der Waals surface area (Å²) in [5, 5.41) is 9.99. The van der Waals surface area contributed by atoms with Crippen molar-refractivity contribution in [3.05, 3.63) is 11.6 Å². The first-order valence-electron chi connectivity index (χ1n) is 18.9. The summed E-state index contributed by atoms with van der Waals surface area (Å²) in [6, 6.07) is 0. The predicted molar refractivity (Wildman–Crippen MR) is 177 cm³/mol. The Hall–Kier alpha value is -1.40. The number of hydrogen-bond donors (Lipinski definition) is 1. The number of rotatable bonds is 13. The molecule has 0 amide bonds. The zero-order valence-corrected chi connectivity index (χ0v) is 29.2. The monoisotopic (exact) mass is 628 g/mol. The van der Waals surface area contributed by atoms with E-state index in [1.54, 1.807) is 5.57 Å². The first-order valence-corrected chi connectivity index (χ1v) is 18.9. The number of aliphatic hydroxyl groups is 1. The molecule has 0 aromatic carbocycles. The molecule has 6 heteroatoms. The van der Waals surface area contributed by atoms with Crippen molar-refractivity contribution < 1.29 is 28.9 Å². The third-order valence-corrected chi connectivity index (χ3v) is 13.4. The first kappa shape index (κ1) is 34.9. The molecule has 5 aliphatic carbocycles. The van der Waals surface area contributed by atoms with Gasteiger partial charge in [-0.3, -0.25) is 9.59 Å². The Morgan fingerprint density at radius 3 is 2.47 bits per heavy atom. The van der Waals surface area contributed by atoms with Gasteiger partial charge in [0.05, 0.1) is 31.7 Å². The molecule has 0 heterocycles. The second-order valence-corrected chi connectivity index (χ2v) is 16.6. The molecule has 0 saturated heterocycles. The van der Waals surface area contributed by atoms with Crippen molar-refractivity contribution in [2.75, 3.05) is 13.2 Å². The van der Waals surface area contributed by atoms with Crippen molar-refractivity contribution in [2.45, 2.75) is 162 Å². The maximum atomic E-state index is 12.2. The lowest BCUT2D eigenvalue weighted by Crippen LogP contribution is -2.51. The molecule has 0 aromatic heterocycles. The average molecular weight is 629 g/mol. The number of ether oxygens (including phenoxy) is 3. The Kier molecular flexibility index (Phi) is 11.8. The number of aliphatic hydroxyl groups excluding tert-OH is 1.